The van der Waals surface area contributed by atoms with E-state index in [0.29, 0.717) is 12.0 Å². The van der Waals surface area contributed by atoms with Crippen molar-refractivity contribution in [3.8, 4) is 5.69 Å². The van der Waals surface area contributed by atoms with Crippen LogP contribution in [-0.2, 0) is 23.3 Å². The van der Waals surface area contributed by atoms with Gasteiger partial charge in [-0.25, -0.2) is 14.1 Å². The molecule has 0 saturated carbocycles. The average molecular weight is 485 g/mol. The zero-order chi connectivity index (χ0) is 22.7. The molecule has 11 heteroatoms. The van der Waals surface area contributed by atoms with Crippen LogP contribution in [0.2, 0.25) is 10.0 Å². The summed E-state index contributed by atoms with van der Waals surface area (Å²) in [4.78, 5) is 9.02. The summed E-state index contributed by atoms with van der Waals surface area (Å²) in [5.74, 6) is -0.991. The van der Waals surface area contributed by atoms with Crippen molar-refractivity contribution in [1.82, 2.24) is 14.8 Å². The quantitative estimate of drug-likeness (QED) is 0.349. The number of rotatable bonds is 3. The lowest BCUT2D eigenvalue weighted by Crippen LogP contribution is -2.42. The van der Waals surface area contributed by atoms with Crippen LogP contribution in [0.25, 0.3) is 5.69 Å². The lowest BCUT2D eigenvalue weighted by atomic mass is 9.85. The Hall–Kier alpha value is -2.65. The van der Waals surface area contributed by atoms with Crippen LogP contribution in [0.15, 0.2) is 42.1 Å². The third kappa shape index (κ3) is 3.17. The maximum Gasteiger partial charge on any atom is 0.435 e. The Morgan fingerprint density at radius 3 is 2.44 bits per heavy atom. The molecule has 0 amide bonds. The molecule has 2 heterocycles. The monoisotopic (exact) mass is 484 g/mol. The van der Waals surface area contributed by atoms with Crippen molar-refractivity contribution in [3.63, 3.8) is 0 Å². The summed E-state index contributed by atoms with van der Waals surface area (Å²) in [5, 5.41) is 6.95. The van der Waals surface area contributed by atoms with Gasteiger partial charge >= 0.3 is 6.18 Å². The fraction of sp³-hybridized carbons (Fsp3) is 0.286. The number of halogens is 6. The number of hydrogen-bond acceptors (Lipinski definition) is 4. The van der Waals surface area contributed by atoms with E-state index in [2.05, 4.69) is 15.2 Å². The molecule has 5 nitrogen and oxygen atoms in total. The minimum Gasteiger partial charge on any atom is -0.374 e. The van der Waals surface area contributed by atoms with E-state index in [1.165, 1.54) is 6.33 Å². The van der Waals surface area contributed by atoms with Crippen molar-refractivity contribution >= 4 is 28.9 Å². The Bertz CT molecular complexity index is 1220. The van der Waals surface area contributed by atoms with Crippen molar-refractivity contribution in [1.29, 1.82) is 0 Å². The predicted molar refractivity (Wildman–Crippen MR) is 110 cm³/mol. The molecule has 5 rings (SSSR count). The summed E-state index contributed by atoms with van der Waals surface area (Å²) in [6, 6.07) is 5.27. The van der Waals surface area contributed by atoms with Crippen molar-refractivity contribution in [3.05, 3.63) is 75.0 Å². The standard InChI is InChI=1S/C21H14Cl2F4N4O/c22-15-6-11(7-16(23)19(15)24)20(21(25,26)27)8-17(30-32-20)13-4-5-18(31-10-28-9-29-31)14-3-1-2-12(13)14/h4-7,9-10H,1-3,8H2. The highest BCUT2D eigenvalue weighted by Crippen LogP contribution is 2.50. The Morgan fingerprint density at radius 2 is 1.78 bits per heavy atom. The molecule has 0 bridgehead atoms. The largest absolute Gasteiger partial charge is 0.435 e. The highest BCUT2D eigenvalue weighted by atomic mass is 35.5. The summed E-state index contributed by atoms with van der Waals surface area (Å²) < 4.78 is 58.3. The Balaban J connectivity index is 1.57. The van der Waals surface area contributed by atoms with Gasteiger partial charge in [-0.3, -0.25) is 0 Å². The van der Waals surface area contributed by atoms with Crippen LogP contribution in [0.3, 0.4) is 0 Å². The molecule has 1 atom stereocenters. The molecule has 0 fully saturated rings. The molecule has 166 valence electrons. The van der Waals surface area contributed by atoms with E-state index in [1.54, 1.807) is 23.1 Å². The van der Waals surface area contributed by atoms with Gasteiger partial charge in [0.1, 0.15) is 12.7 Å². The van der Waals surface area contributed by atoms with Crippen LogP contribution in [0.5, 0.6) is 0 Å². The van der Waals surface area contributed by atoms with Gasteiger partial charge < -0.3 is 4.84 Å². The van der Waals surface area contributed by atoms with Gasteiger partial charge in [0.05, 0.1) is 21.4 Å². The second-order valence-corrected chi connectivity index (χ2v) is 8.48. The Labute approximate surface area is 189 Å². The molecule has 1 aliphatic heterocycles. The van der Waals surface area contributed by atoms with Gasteiger partial charge in [0.25, 0.3) is 5.60 Å². The van der Waals surface area contributed by atoms with Crippen LogP contribution in [-0.4, -0.2) is 26.7 Å². The molecule has 1 unspecified atom stereocenters. The van der Waals surface area contributed by atoms with Crippen LogP contribution < -0.4 is 0 Å². The van der Waals surface area contributed by atoms with E-state index in [1.807, 2.05) is 0 Å². The molecular formula is C21H14Cl2F4N4O. The van der Waals surface area contributed by atoms with Gasteiger partial charge in [0.15, 0.2) is 5.82 Å². The van der Waals surface area contributed by atoms with Gasteiger partial charge in [-0.2, -0.15) is 18.3 Å². The lowest BCUT2D eigenvalue weighted by molar-refractivity contribution is -0.275. The van der Waals surface area contributed by atoms with E-state index in [0.717, 1.165) is 41.8 Å². The summed E-state index contributed by atoms with van der Waals surface area (Å²) in [6.45, 7) is 0. The number of alkyl halides is 3. The summed E-state index contributed by atoms with van der Waals surface area (Å²) in [7, 11) is 0. The second-order valence-electron chi connectivity index (χ2n) is 7.67. The Morgan fingerprint density at radius 1 is 1.06 bits per heavy atom. The summed E-state index contributed by atoms with van der Waals surface area (Å²) in [5.41, 5.74) is 0.253. The second kappa shape index (κ2) is 7.45. The van der Waals surface area contributed by atoms with Crippen LogP contribution in [0.1, 0.15) is 35.1 Å². The highest BCUT2D eigenvalue weighted by Gasteiger charge is 2.62. The van der Waals surface area contributed by atoms with Crippen LogP contribution in [0, 0.1) is 5.82 Å². The molecule has 0 N–H and O–H groups in total. The maximum atomic E-state index is 14.3. The minimum atomic E-state index is -4.85. The van der Waals surface area contributed by atoms with Crippen molar-refractivity contribution in [2.75, 3.05) is 0 Å². The molecule has 0 radical (unpaired) electrons. The fourth-order valence-electron chi connectivity index (χ4n) is 4.34. The van der Waals surface area contributed by atoms with Crippen LogP contribution in [0.4, 0.5) is 17.6 Å². The van der Waals surface area contributed by atoms with Gasteiger partial charge in [0, 0.05) is 17.5 Å². The van der Waals surface area contributed by atoms with Gasteiger partial charge in [-0.05, 0) is 48.6 Å². The summed E-state index contributed by atoms with van der Waals surface area (Å²) in [6.07, 6.45) is -0.146. The Kier molecular flexibility index (Phi) is 4.94. The normalized spacial score (nSPS) is 20.2. The SMILES string of the molecule is Fc1c(Cl)cc(C2(C(F)(F)F)CC(c3ccc(-n4cncn4)c4c3CCC4)=NO2)cc1Cl. The van der Waals surface area contributed by atoms with E-state index in [9.17, 15) is 17.6 Å². The molecule has 1 aliphatic carbocycles. The maximum absolute atomic E-state index is 14.3. The molecule has 0 saturated heterocycles. The molecule has 3 aromatic rings. The first kappa shape index (κ1) is 21.2. The third-order valence-corrected chi connectivity index (χ3v) is 6.42. The van der Waals surface area contributed by atoms with Crippen molar-refractivity contribution < 1.29 is 22.4 Å². The number of aromatic nitrogens is 3. The molecule has 32 heavy (non-hydrogen) atoms. The number of fused-ring (bicyclic) bond motifs is 1. The summed E-state index contributed by atoms with van der Waals surface area (Å²) >= 11 is 11.5. The van der Waals surface area contributed by atoms with Gasteiger partial charge in [-0.15, -0.1) is 0 Å². The highest BCUT2D eigenvalue weighted by molar-refractivity contribution is 6.35. The number of benzene rings is 2. The molecule has 1 aromatic heterocycles. The fourth-order valence-corrected chi connectivity index (χ4v) is 4.83. The van der Waals surface area contributed by atoms with Crippen molar-refractivity contribution in [2.45, 2.75) is 37.5 Å². The minimum absolute atomic E-state index is 0.155. The molecule has 0 spiro atoms. The lowest BCUT2D eigenvalue weighted by Gasteiger charge is -2.30. The van der Waals surface area contributed by atoms with E-state index >= 15 is 0 Å². The first-order valence-corrected chi connectivity index (χ1v) is 10.4. The van der Waals surface area contributed by atoms with E-state index in [4.69, 9.17) is 28.0 Å². The smallest absolute Gasteiger partial charge is 0.374 e. The number of oxime groups is 1. The average Bonchev–Trinajstić information content (AvgIpc) is 3.51. The number of hydrogen-bond donors (Lipinski definition) is 0. The predicted octanol–water partition coefficient (Wildman–Crippen LogP) is 5.78. The topological polar surface area (TPSA) is 52.3 Å². The zero-order valence-corrected chi connectivity index (χ0v) is 17.8. The van der Waals surface area contributed by atoms with Crippen LogP contribution >= 0.6 is 23.2 Å². The first-order valence-electron chi connectivity index (χ1n) is 9.68. The molecule has 2 aliphatic rings. The van der Waals surface area contributed by atoms with Crippen molar-refractivity contribution in [2.24, 2.45) is 5.16 Å². The zero-order valence-electron chi connectivity index (χ0n) is 16.3. The third-order valence-electron chi connectivity index (χ3n) is 5.87. The van der Waals surface area contributed by atoms with E-state index < -0.39 is 39.6 Å². The number of nitrogens with zero attached hydrogens (tertiary/aromatic N) is 4. The van der Waals surface area contributed by atoms with Gasteiger partial charge in [-0.1, -0.05) is 34.4 Å². The van der Waals surface area contributed by atoms with Gasteiger partial charge in [0.2, 0.25) is 0 Å². The molecule has 2 aromatic carbocycles. The molecular weight excluding hydrogens is 471 g/mol. The van der Waals surface area contributed by atoms with E-state index in [-0.39, 0.29) is 5.71 Å². The first-order chi connectivity index (χ1) is 15.2.